The molecule has 1 aliphatic carbocycles. The van der Waals surface area contributed by atoms with Gasteiger partial charge in [-0.1, -0.05) is 6.07 Å². The number of carbonyl (C=O) groups is 2. The molecular formula is C11H11NO6S. The molecule has 0 spiro atoms. The summed E-state index contributed by atoms with van der Waals surface area (Å²) >= 11 is 1.25. The van der Waals surface area contributed by atoms with E-state index in [0.717, 1.165) is 14.2 Å². The summed E-state index contributed by atoms with van der Waals surface area (Å²) < 4.78 is 9.14. The first kappa shape index (κ1) is 13.5. The normalized spacial score (nSPS) is 23.5. The van der Waals surface area contributed by atoms with E-state index in [4.69, 9.17) is 0 Å². The molecule has 1 saturated carbocycles. The molecule has 1 aromatic heterocycles. The Morgan fingerprint density at radius 2 is 1.95 bits per heavy atom. The number of carbonyl (C=O) groups excluding carboxylic acids is 2. The maximum absolute atomic E-state index is 11.9. The van der Waals surface area contributed by atoms with Crippen molar-refractivity contribution >= 4 is 23.3 Å². The van der Waals surface area contributed by atoms with Crippen molar-refractivity contribution in [2.45, 2.75) is 12.0 Å². The Hall–Kier alpha value is -1.96. The van der Waals surface area contributed by atoms with E-state index in [1.807, 2.05) is 0 Å². The van der Waals surface area contributed by atoms with Crippen LogP contribution in [0.3, 0.4) is 0 Å². The van der Waals surface area contributed by atoms with E-state index in [9.17, 15) is 19.7 Å². The molecule has 1 fully saturated rings. The van der Waals surface area contributed by atoms with E-state index >= 15 is 0 Å². The van der Waals surface area contributed by atoms with Gasteiger partial charge in [-0.25, -0.2) is 0 Å². The molecule has 19 heavy (non-hydrogen) atoms. The van der Waals surface area contributed by atoms with Crippen LogP contribution in [0.1, 0.15) is 10.8 Å². The van der Waals surface area contributed by atoms with Crippen LogP contribution in [0.4, 0.5) is 0 Å². The lowest BCUT2D eigenvalue weighted by molar-refractivity contribution is -0.501. The van der Waals surface area contributed by atoms with Crippen LogP contribution in [0.15, 0.2) is 17.5 Å². The number of nitro groups is 1. The molecular weight excluding hydrogens is 274 g/mol. The van der Waals surface area contributed by atoms with Crippen molar-refractivity contribution < 1.29 is 24.0 Å². The van der Waals surface area contributed by atoms with Crippen molar-refractivity contribution in [3.63, 3.8) is 0 Å². The molecule has 8 heteroatoms. The Balaban J connectivity index is 2.50. The largest absolute Gasteiger partial charge is 0.468 e. The number of nitrogens with zero attached hydrogens (tertiary/aromatic N) is 1. The van der Waals surface area contributed by atoms with Gasteiger partial charge in [0.25, 0.3) is 0 Å². The minimum absolute atomic E-state index is 0.595. The maximum atomic E-state index is 11.9. The van der Waals surface area contributed by atoms with Gasteiger partial charge in [0, 0.05) is 9.80 Å². The van der Waals surface area contributed by atoms with E-state index in [0.29, 0.717) is 4.88 Å². The van der Waals surface area contributed by atoms with Crippen LogP contribution in [0.5, 0.6) is 0 Å². The summed E-state index contributed by atoms with van der Waals surface area (Å²) in [6.07, 6.45) is 0. The van der Waals surface area contributed by atoms with E-state index in [-0.39, 0.29) is 0 Å². The number of hydrogen-bond acceptors (Lipinski definition) is 7. The van der Waals surface area contributed by atoms with Crippen LogP contribution >= 0.6 is 11.3 Å². The van der Waals surface area contributed by atoms with E-state index in [1.54, 1.807) is 17.5 Å². The van der Waals surface area contributed by atoms with E-state index in [2.05, 4.69) is 9.47 Å². The van der Waals surface area contributed by atoms with Gasteiger partial charge in [-0.2, -0.15) is 0 Å². The first-order valence-corrected chi connectivity index (χ1v) is 6.23. The number of rotatable bonds is 4. The summed E-state index contributed by atoms with van der Waals surface area (Å²) in [6.45, 7) is 0. The molecule has 0 bridgehead atoms. The lowest BCUT2D eigenvalue weighted by Gasteiger charge is -2.09. The second-order valence-corrected chi connectivity index (χ2v) is 5.05. The highest BCUT2D eigenvalue weighted by molar-refractivity contribution is 7.10. The molecule has 102 valence electrons. The summed E-state index contributed by atoms with van der Waals surface area (Å²) in [5.41, 5.74) is -1.86. The Morgan fingerprint density at radius 3 is 2.32 bits per heavy atom. The molecule has 0 radical (unpaired) electrons. The first-order valence-electron chi connectivity index (χ1n) is 5.35. The highest BCUT2D eigenvalue weighted by Crippen LogP contribution is 2.63. The molecule has 0 aromatic carbocycles. The molecule has 1 aliphatic rings. The summed E-state index contributed by atoms with van der Waals surface area (Å²) in [5, 5.41) is 12.8. The van der Waals surface area contributed by atoms with Crippen LogP contribution in [0.2, 0.25) is 0 Å². The molecule has 7 nitrogen and oxygen atoms in total. The standard InChI is InChI=1S/C11H11NO6S/c1-17-9(13)11(10(14)18-2)7(8(11)12(15)16)6-4-3-5-19-6/h3-5,7-8H,1-2H3/t7-,8-/m0/s1. The Morgan fingerprint density at radius 1 is 1.37 bits per heavy atom. The molecule has 0 N–H and O–H groups in total. The van der Waals surface area contributed by atoms with Crippen molar-refractivity contribution in [1.29, 1.82) is 0 Å². The first-order chi connectivity index (χ1) is 9.01. The number of hydrogen-bond donors (Lipinski definition) is 0. The van der Waals surface area contributed by atoms with Crippen molar-refractivity contribution in [1.82, 2.24) is 0 Å². The second-order valence-electron chi connectivity index (χ2n) is 4.08. The molecule has 1 aromatic rings. The number of methoxy groups -OCH3 is 2. The smallest absolute Gasteiger partial charge is 0.331 e. The number of esters is 2. The van der Waals surface area contributed by atoms with Gasteiger partial charge in [-0.3, -0.25) is 19.7 Å². The van der Waals surface area contributed by atoms with Crippen molar-refractivity contribution in [2.24, 2.45) is 5.41 Å². The molecule has 0 aliphatic heterocycles. The van der Waals surface area contributed by atoms with Gasteiger partial charge in [0.05, 0.1) is 20.1 Å². The van der Waals surface area contributed by atoms with Crippen molar-refractivity contribution in [3.8, 4) is 0 Å². The summed E-state index contributed by atoms with van der Waals surface area (Å²) in [7, 11) is 2.18. The molecule has 1 heterocycles. The minimum atomic E-state index is -1.86. The van der Waals surface area contributed by atoms with E-state index < -0.39 is 34.2 Å². The highest BCUT2D eigenvalue weighted by Gasteiger charge is 2.85. The molecule has 0 unspecified atom stereocenters. The van der Waals surface area contributed by atoms with Crippen molar-refractivity contribution in [2.75, 3.05) is 14.2 Å². The van der Waals surface area contributed by atoms with E-state index in [1.165, 1.54) is 11.3 Å². The van der Waals surface area contributed by atoms with Gasteiger partial charge in [0.1, 0.15) is 0 Å². The third-order valence-electron chi connectivity index (χ3n) is 3.29. The zero-order valence-electron chi connectivity index (χ0n) is 10.2. The zero-order chi connectivity index (χ0) is 14.2. The fraction of sp³-hybridized carbons (Fsp3) is 0.455. The van der Waals surface area contributed by atoms with Gasteiger partial charge in [-0.05, 0) is 11.4 Å². The molecule has 2 rings (SSSR count). The zero-order valence-corrected chi connectivity index (χ0v) is 11.0. The lowest BCUT2D eigenvalue weighted by Crippen LogP contribution is -2.34. The van der Waals surface area contributed by atoms with Crippen molar-refractivity contribution in [3.05, 3.63) is 32.5 Å². The van der Waals surface area contributed by atoms with Crippen LogP contribution in [-0.2, 0) is 19.1 Å². The fourth-order valence-electron chi connectivity index (χ4n) is 2.42. The Labute approximate surface area is 112 Å². The van der Waals surface area contributed by atoms with Gasteiger partial charge in [0.2, 0.25) is 11.5 Å². The quantitative estimate of drug-likeness (QED) is 0.352. The minimum Gasteiger partial charge on any atom is -0.468 e. The summed E-state index contributed by atoms with van der Waals surface area (Å²) in [6, 6.07) is 2.01. The van der Waals surface area contributed by atoms with Crippen LogP contribution in [0.25, 0.3) is 0 Å². The Kier molecular flexibility index (Phi) is 3.27. The average Bonchev–Trinajstić information content (AvgIpc) is 2.82. The predicted molar refractivity (Wildman–Crippen MR) is 64.3 cm³/mol. The monoisotopic (exact) mass is 285 g/mol. The SMILES string of the molecule is COC(=O)C1(C(=O)OC)[C@@H]([N+](=O)[O-])[C@@H]1c1cccs1. The number of thiophene rings is 1. The topological polar surface area (TPSA) is 95.7 Å². The Bertz CT molecular complexity index is 509. The fourth-order valence-corrected chi connectivity index (χ4v) is 3.36. The molecule has 0 saturated heterocycles. The summed E-state index contributed by atoms with van der Waals surface area (Å²) in [4.78, 5) is 34.9. The lowest BCUT2D eigenvalue weighted by atomic mass is 10.0. The third kappa shape index (κ3) is 1.71. The number of ether oxygens (including phenoxy) is 2. The van der Waals surface area contributed by atoms with Crippen LogP contribution in [0, 0.1) is 15.5 Å². The second kappa shape index (κ2) is 4.61. The van der Waals surface area contributed by atoms with Crippen LogP contribution < -0.4 is 0 Å². The van der Waals surface area contributed by atoms with Gasteiger partial charge < -0.3 is 9.47 Å². The van der Waals surface area contributed by atoms with Crippen LogP contribution in [-0.4, -0.2) is 37.1 Å². The van der Waals surface area contributed by atoms with Gasteiger partial charge in [0.15, 0.2) is 0 Å². The summed E-state index contributed by atoms with van der Waals surface area (Å²) in [5.74, 6) is -2.69. The predicted octanol–water partition coefficient (Wildman–Crippen LogP) is 0.823. The highest BCUT2D eigenvalue weighted by atomic mass is 32.1. The maximum Gasteiger partial charge on any atom is 0.331 e. The third-order valence-corrected chi connectivity index (χ3v) is 4.24. The average molecular weight is 285 g/mol. The molecule has 2 atom stereocenters. The van der Waals surface area contributed by atoms with Gasteiger partial charge in [-0.15, -0.1) is 11.3 Å². The van der Waals surface area contributed by atoms with Gasteiger partial charge >= 0.3 is 11.9 Å². The molecule has 0 amide bonds.